The van der Waals surface area contributed by atoms with E-state index in [1.807, 2.05) is 20.8 Å². The maximum absolute atomic E-state index is 12.0. The number of likely N-dealkylation sites (N-methyl/N-ethyl adjacent to an activating group) is 1. The van der Waals surface area contributed by atoms with Gasteiger partial charge in [0.25, 0.3) is 0 Å². The van der Waals surface area contributed by atoms with Crippen LogP contribution in [0.25, 0.3) is 0 Å². The van der Waals surface area contributed by atoms with E-state index >= 15 is 0 Å². The highest BCUT2D eigenvalue weighted by Gasteiger charge is 2.35. The number of nitrogens with two attached hydrogens (primary N) is 1. The van der Waals surface area contributed by atoms with E-state index in [4.69, 9.17) is 10.5 Å². The number of carbonyl (C=O) groups is 2. The van der Waals surface area contributed by atoms with E-state index < -0.39 is 5.54 Å². The van der Waals surface area contributed by atoms with Crippen LogP contribution in [0, 0.1) is 5.92 Å². The highest BCUT2D eigenvalue weighted by atomic mass is 16.5. The van der Waals surface area contributed by atoms with Crippen LogP contribution >= 0.6 is 0 Å². The molecule has 0 radical (unpaired) electrons. The van der Waals surface area contributed by atoms with Gasteiger partial charge in [0.15, 0.2) is 0 Å². The van der Waals surface area contributed by atoms with Gasteiger partial charge >= 0.3 is 5.97 Å². The number of hydrogen-bond donors (Lipinski definition) is 3. The molecule has 20 heavy (non-hydrogen) atoms. The summed E-state index contributed by atoms with van der Waals surface area (Å²) < 4.78 is 4.88. The molecular weight excluding hydrogens is 258 g/mol. The van der Waals surface area contributed by atoms with Gasteiger partial charge in [0.2, 0.25) is 5.91 Å². The quantitative estimate of drug-likeness (QED) is 0.506. The standard InChI is InChI=1S/C14H29N3O3/c1-6-7-17-14(3,13(19)20-5)9-10(2)8-11(16-4)12(15)18/h10-11,16-17H,6-9H2,1-5H3,(H2,15,18). The fraction of sp³-hybridized carbons (Fsp3) is 0.857. The third-order valence-electron chi connectivity index (χ3n) is 3.49. The van der Waals surface area contributed by atoms with E-state index in [1.54, 1.807) is 7.05 Å². The lowest BCUT2D eigenvalue weighted by Crippen LogP contribution is -2.52. The van der Waals surface area contributed by atoms with Crippen molar-refractivity contribution in [2.24, 2.45) is 11.7 Å². The summed E-state index contributed by atoms with van der Waals surface area (Å²) in [4.78, 5) is 23.2. The van der Waals surface area contributed by atoms with Gasteiger partial charge in [0.05, 0.1) is 13.2 Å². The Labute approximate surface area is 121 Å². The molecule has 0 aromatic rings. The second kappa shape index (κ2) is 8.92. The molecule has 0 aliphatic rings. The summed E-state index contributed by atoms with van der Waals surface area (Å²) in [6.07, 6.45) is 2.11. The molecule has 0 saturated carbocycles. The van der Waals surface area contributed by atoms with Gasteiger partial charge in [-0.15, -0.1) is 0 Å². The van der Waals surface area contributed by atoms with Gasteiger partial charge in [-0.2, -0.15) is 0 Å². The largest absolute Gasteiger partial charge is 0.468 e. The van der Waals surface area contributed by atoms with E-state index in [1.165, 1.54) is 7.11 Å². The summed E-state index contributed by atoms with van der Waals surface area (Å²) in [6.45, 7) is 6.62. The fourth-order valence-electron chi connectivity index (χ4n) is 2.41. The van der Waals surface area contributed by atoms with E-state index in [0.717, 1.165) is 13.0 Å². The summed E-state index contributed by atoms with van der Waals surface area (Å²) in [7, 11) is 3.09. The number of methoxy groups -OCH3 is 1. The maximum Gasteiger partial charge on any atom is 0.325 e. The molecule has 3 unspecified atom stereocenters. The van der Waals surface area contributed by atoms with E-state index in [2.05, 4.69) is 10.6 Å². The van der Waals surface area contributed by atoms with Crippen LogP contribution in [0.5, 0.6) is 0 Å². The first-order chi connectivity index (χ1) is 9.30. The normalized spacial score (nSPS) is 17.1. The molecule has 0 aliphatic heterocycles. The number of primary amides is 1. The Morgan fingerprint density at radius 2 is 2.00 bits per heavy atom. The van der Waals surface area contributed by atoms with Crippen molar-refractivity contribution >= 4 is 11.9 Å². The number of nitrogens with one attached hydrogen (secondary N) is 2. The van der Waals surface area contributed by atoms with Crippen LogP contribution in [-0.2, 0) is 14.3 Å². The minimum absolute atomic E-state index is 0.147. The fourth-order valence-corrected chi connectivity index (χ4v) is 2.41. The molecule has 6 nitrogen and oxygen atoms in total. The Kier molecular flexibility index (Phi) is 8.41. The smallest absolute Gasteiger partial charge is 0.325 e. The van der Waals surface area contributed by atoms with E-state index in [0.29, 0.717) is 12.8 Å². The van der Waals surface area contributed by atoms with E-state index in [-0.39, 0.29) is 23.8 Å². The van der Waals surface area contributed by atoms with Crippen LogP contribution in [0.2, 0.25) is 0 Å². The van der Waals surface area contributed by atoms with Crippen molar-refractivity contribution in [2.75, 3.05) is 20.7 Å². The molecule has 4 N–H and O–H groups in total. The van der Waals surface area contributed by atoms with Gasteiger partial charge in [-0.1, -0.05) is 13.8 Å². The Morgan fingerprint density at radius 3 is 2.40 bits per heavy atom. The minimum atomic E-state index is -0.736. The molecular formula is C14H29N3O3. The van der Waals surface area contributed by atoms with Gasteiger partial charge in [0, 0.05) is 0 Å². The molecule has 6 heteroatoms. The first-order valence-electron chi connectivity index (χ1n) is 7.10. The number of esters is 1. The summed E-state index contributed by atoms with van der Waals surface area (Å²) in [6, 6.07) is -0.377. The summed E-state index contributed by atoms with van der Waals surface area (Å²) in [5.41, 5.74) is 4.58. The van der Waals surface area contributed by atoms with Gasteiger partial charge in [-0.3, -0.25) is 9.59 Å². The van der Waals surface area contributed by atoms with Crippen molar-refractivity contribution in [3.8, 4) is 0 Å². The Morgan fingerprint density at radius 1 is 1.40 bits per heavy atom. The van der Waals surface area contributed by atoms with Crippen LogP contribution in [0.4, 0.5) is 0 Å². The van der Waals surface area contributed by atoms with Crippen LogP contribution in [0.1, 0.15) is 40.0 Å². The summed E-state index contributed by atoms with van der Waals surface area (Å²) in [5, 5.41) is 6.13. The molecule has 0 aliphatic carbocycles. The van der Waals surface area contributed by atoms with E-state index in [9.17, 15) is 9.59 Å². The Hall–Kier alpha value is -1.14. The third kappa shape index (κ3) is 5.88. The molecule has 3 atom stereocenters. The SMILES string of the molecule is CCCNC(C)(CC(C)CC(NC)C(N)=O)C(=O)OC. The average Bonchev–Trinajstić information content (AvgIpc) is 2.41. The third-order valence-corrected chi connectivity index (χ3v) is 3.49. The molecule has 0 rings (SSSR count). The van der Waals surface area contributed by atoms with Crippen molar-refractivity contribution in [1.29, 1.82) is 0 Å². The molecule has 0 bridgehead atoms. The van der Waals surface area contributed by atoms with Gasteiger partial charge in [-0.25, -0.2) is 0 Å². The summed E-state index contributed by atoms with van der Waals surface area (Å²) >= 11 is 0. The molecule has 1 amide bonds. The minimum Gasteiger partial charge on any atom is -0.468 e. The predicted molar refractivity (Wildman–Crippen MR) is 79.2 cm³/mol. The second-order valence-electron chi connectivity index (χ2n) is 5.54. The molecule has 0 heterocycles. The zero-order valence-corrected chi connectivity index (χ0v) is 13.3. The molecule has 0 aromatic heterocycles. The molecule has 118 valence electrons. The monoisotopic (exact) mass is 287 g/mol. The van der Waals surface area contributed by atoms with Gasteiger partial charge < -0.3 is 21.1 Å². The van der Waals surface area contributed by atoms with Crippen molar-refractivity contribution in [1.82, 2.24) is 10.6 Å². The lowest BCUT2D eigenvalue weighted by atomic mass is 9.86. The summed E-state index contributed by atoms with van der Waals surface area (Å²) in [5.74, 6) is -0.507. The molecule has 0 aromatic carbocycles. The van der Waals surface area contributed by atoms with Crippen LogP contribution in [0.15, 0.2) is 0 Å². The first kappa shape index (κ1) is 18.9. The van der Waals surface area contributed by atoms with Crippen LogP contribution < -0.4 is 16.4 Å². The zero-order chi connectivity index (χ0) is 15.8. The second-order valence-corrected chi connectivity index (χ2v) is 5.54. The van der Waals surface area contributed by atoms with Crippen LogP contribution in [-0.4, -0.2) is 44.2 Å². The highest BCUT2D eigenvalue weighted by molar-refractivity contribution is 5.80. The van der Waals surface area contributed by atoms with Crippen LogP contribution in [0.3, 0.4) is 0 Å². The first-order valence-corrected chi connectivity index (χ1v) is 7.10. The molecule has 0 fully saturated rings. The Bertz CT molecular complexity index is 323. The zero-order valence-electron chi connectivity index (χ0n) is 13.3. The number of ether oxygens (including phenoxy) is 1. The lowest BCUT2D eigenvalue weighted by molar-refractivity contribution is -0.148. The average molecular weight is 287 g/mol. The van der Waals surface area contributed by atoms with Crippen molar-refractivity contribution < 1.29 is 14.3 Å². The lowest BCUT2D eigenvalue weighted by Gasteiger charge is -2.31. The highest BCUT2D eigenvalue weighted by Crippen LogP contribution is 2.22. The molecule has 0 saturated heterocycles. The van der Waals surface area contributed by atoms with Crippen molar-refractivity contribution in [2.45, 2.75) is 51.6 Å². The topological polar surface area (TPSA) is 93.5 Å². The van der Waals surface area contributed by atoms with Crippen molar-refractivity contribution in [3.63, 3.8) is 0 Å². The predicted octanol–water partition coefficient (Wildman–Crippen LogP) is 0.407. The number of carbonyl (C=O) groups excluding carboxylic acids is 2. The number of hydrogen-bond acceptors (Lipinski definition) is 5. The number of amides is 1. The van der Waals surface area contributed by atoms with Crippen molar-refractivity contribution in [3.05, 3.63) is 0 Å². The molecule has 0 spiro atoms. The van der Waals surface area contributed by atoms with Gasteiger partial charge in [-0.05, 0) is 45.7 Å². The number of rotatable bonds is 10. The van der Waals surface area contributed by atoms with Gasteiger partial charge in [0.1, 0.15) is 5.54 Å². The Balaban J connectivity index is 4.71. The maximum atomic E-state index is 12.0.